The highest BCUT2D eigenvalue weighted by molar-refractivity contribution is 14.0. The van der Waals surface area contributed by atoms with E-state index in [9.17, 15) is 13.2 Å². The first kappa shape index (κ1) is 20.0. The van der Waals surface area contributed by atoms with E-state index in [2.05, 4.69) is 15.0 Å². The average Bonchev–Trinajstić information content (AvgIpc) is 2.32. The fraction of sp³-hybridized carbons (Fsp3) is 0.462. The normalized spacial score (nSPS) is 11.9. The minimum atomic E-state index is -4.28. The molecule has 0 aromatic heterocycles. The number of guanidine groups is 1. The van der Waals surface area contributed by atoms with E-state index in [0.29, 0.717) is 13.0 Å². The minimum Gasteiger partial charge on any atom is -0.372 e. The molecule has 1 aromatic carbocycles. The van der Waals surface area contributed by atoms with E-state index in [-0.39, 0.29) is 36.5 Å². The van der Waals surface area contributed by atoms with E-state index < -0.39 is 12.8 Å². The summed E-state index contributed by atoms with van der Waals surface area (Å²) < 4.78 is 39.8. The van der Waals surface area contributed by atoms with Crippen molar-refractivity contribution in [1.29, 1.82) is 0 Å². The molecule has 8 heteroatoms. The molecule has 0 aliphatic rings. The number of hydrogen-bond donors (Lipinski definition) is 2. The fourth-order valence-electron chi connectivity index (χ4n) is 1.46. The Hall–Kier alpha value is -1.03. The van der Waals surface area contributed by atoms with Crippen LogP contribution in [0, 0.1) is 6.92 Å². The van der Waals surface area contributed by atoms with Crippen LogP contribution in [0.15, 0.2) is 29.3 Å². The van der Waals surface area contributed by atoms with Crippen molar-refractivity contribution in [3.63, 3.8) is 0 Å². The Bertz CT molecular complexity index is 453. The summed E-state index contributed by atoms with van der Waals surface area (Å²) in [5, 5.41) is 2.90. The van der Waals surface area contributed by atoms with Gasteiger partial charge in [-0.25, -0.2) is 0 Å². The average molecular weight is 417 g/mol. The highest BCUT2D eigenvalue weighted by Gasteiger charge is 2.27. The molecule has 21 heavy (non-hydrogen) atoms. The van der Waals surface area contributed by atoms with E-state index >= 15 is 0 Å². The lowest BCUT2D eigenvalue weighted by molar-refractivity contribution is -0.173. The molecule has 0 saturated carbocycles. The molecular formula is C13H19F3IN3O. The predicted molar refractivity (Wildman–Crippen MR) is 88.2 cm³/mol. The lowest BCUT2D eigenvalue weighted by atomic mass is 10.2. The SMILES string of the molecule is Cc1cccc(NC(N)=NCCCOCC(F)(F)F)c1.I. The van der Waals surface area contributed by atoms with Crippen molar-refractivity contribution >= 4 is 35.6 Å². The number of nitrogens with two attached hydrogens (primary N) is 1. The van der Waals surface area contributed by atoms with Crippen LogP contribution in [0.25, 0.3) is 0 Å². The zero-order valence-electron chi connectivity index (χ0n) is 11.6. The van der Waals surface area contributed by atoms with E-state index in [1.54, 1.807) is 0 Å². The van der Waals surface area contributed by atoms with Gasteiger partial charge >= 0.3 is 6.18 Å². The summed E-state index contributed by atoms with van der Waals surface area (Å²) in [6.07, 6.45) is -3.90. The van der Waals surface area contributed by atoms with Crippen LogP contribution in [0.2, 0.25) is 0 Å². The number of halogens is 4. The maximum Gasteiger partial charge on any atom is 0.411 e. The third kappa shape index (κ3) is 10.4. The Morgan fingerprint density at radius 3 is 2.71 bits per heavy atom. The summed E-state index contributed by atoms with van der Waals surface area (Å²) in [5.74, 6) is 0.228. The maximum atomic E-state index is 11.8. The molecule has 120 valence electrons. The minimum absolute atomic E-state index is 0. The van der Waals surface area contributed by atoms with Gasteiger partial charge in [0.2, 0.25) is 0 Å². The van der Waals surface area contributed by atoms with E-state index in [1.807, 2.05) is 31.2 Å². The van der Waals surface area contributed by atoms with Gasteiger partial charge < -0.3 is 15.8 Å². The van der Waals surface area contributed by atoms with Crippen molar-refractivity contribution in [3.05, 3.63) is 29.8 Å². The van der Waals surface area contributed by atoms with Crippen molar-refractivity contribution in [2.75, 3.05) is 25.1 Å². The van der Waals surface area contributed by atoms with Crippen LogP contribution in [0.3, 0.4) is 0 Å². The molecule has 0 saturated heterocycles. The van der Waals surface area contributed by atoms with Crippen molar-refractivity contribution in [1.82, 2.24) is 0 Å². The monoisotopic (exact) mass is 417 g/mol. The lowest BCUT2D eigenvalue weighted by Crippen LogP contribution is -2.23. The van der Waals surface area contributed by atoms with Crippen LogP contribution in [0.1, 0.15) is 12.0 Å². The highest BCUT2D eigenvalue weighted by atomic mass is 127. The molecule has 0 aliphatic carbocycles. The van der Waals surface area contributed by atoms with Gasteiger partial charge in [0, 0.05) is 18.8 Å². The number of anilines is 1. The zero-order chi connectivity index (χ0) is 15.0. The number of rotatable bonds is 6. The second-order valence-electron chi connectivity index (χ2n) is 4.28. The molecule has 3 N–H and O–H groups in total. The number of hydrogen-bond acceptors (Lipinski definition) is 2. The van der Waals surface area contributed by atoms with Crippen LogP contribution in [0.4, 0.5) is 18.9 Å². The molecular weight excluding hydrogens is 398 g/mol. The summed E-state index contributed by atoms with van der Waals surface area (Å²) >= 11 is 0. The molecule has 4 nitrogen and oxygen atoms in total. The van der Waals surface area contributed by atoms with Gasteiger partial charge in [-0.15, -0.1) is 24.0 Å². The lowest BCUT2D eigenvalue weighted by Gasteiger charge is -2.07. The summed E-state index contributed by atoms with van der Waals surface area (Å²) in [4.78, 5) is 4.01. The van der Waals surface area contributed by atoms with Gasteiger partial charge in [-0.05, 0) is 31.0 Å². The Labute approximate surface area is 139 Å². The number of aliphatic imine (C=N–C) groups is 1. The molecule has 1 aromatic rings. The van der Waals surface area contributed by atoms with Gasteiger partial charge in [0.25, 0.3) is 0 Å². The molecule has 0 bridgehead atoms. The topological polar surface area (TPSA) is 59.6 Å². The highest BCUT2D eigenvalue weighted by Crippen LogP contribution is 2.14. The number of nitrogens with one attached hydrogen (secondary N) is 1. The van der Waals surface area contributed by atoms with Crippen LogP contribution in [0.5, 0.6) is 0 Å². The van der Waals surface area contributed by atoms with Crippen molar-refractivity contribution < 1.29 is 17.9 Å². The summed E-state index contributed by atoms with van der Waals surface area (Å²) in [6, 6.07) is 7.60. The standard InChI is InChI=1S/C13H18F3N3O.HI/c1-10-4-2-5-11(8-10)19-12(17)18-6-3-7-20-9-13(14,15)16;/h2,4-5,8H,3,6-7,9H2,1H3,(H3,17,18,19);1H. The molecule has 0 spiro atoms. The Balaban J connectivity index is 0.00000400. The van der Waals surface area contributed by atoms with Crippen LogP contribution < -0.4 is 11.1 Å². The van der Waals surface area contributed by atoms with Gasteiger partial charge in [-0.3, -0.25) is 4.99 Å². The molecule has 0 heterocycles. The first-order chi connectivity index (χ1) is 9.37. The van der Waals surface area contributed by atoms with Crippen LogP contribution in [-0.4, -0.2) is 31.9 Å². The number of alkyl halides is 3. The molecule has 0 atom stereocenters. The number of nitrogens with zero attached hydrogens (tertiary/aromatic N) is 1. The van der Waals surface area contributed by atoms with Gasteiger partial charge in [-0.2, -0.15) is 13.2 Å². The van der Waals surface area contributed by atoms with Crippen LogP contribution >= 0.6 is 24.0 Å². The second kappa shape index (κ2) is 9.82. The Kier molecular flexibility index (Phi) is 9.34. The molecule has 0 radical (unpaired) electrons. The second-order valence-corrected chi connectivity index (χ2v) is 4.28. The van der Waals surface area contributed by atoms with Crippen molar-refractivity contribution in [2.24, 2.45) is 10.7 Å². The molecule has 0 amide bonds. The largest absolute Gasteiger partial charge is 0.411 e. The maximum absolute atomic E-state index is 11.8. The third-order valence-electron chi connectivity index (χ3n) is 2.29. The molecule has 0 aliphatic heterocycles. The van der Waals surface area contributed by atoms with E-state index in [0.717, 1.165) is 11.3 Å². The van der Waals surface area contributed by atoms with Crippen molar-refractivity contribution in [3.8, 4) is 0 Å². The summed E-state index contributed by atoms with van der Waals surface area (Å²) in [6.45, 7) is 1.04. The van der Waals surface area contributed by atoms with Gasteiger partial charge in [-0.1, -0.05) is 12.1 Å². The predicted octanol–water partition coefficient (Wildman–Crippen LogP) is 3.31. The number of ether oxygens (including phenoxy) is 1. The Morgan fingerprint density at radius 2 is 2.10 bits per heavy atom. The third-order valence-corrected chi connectivity index (χ3v) is 2.29. The summed E-state index contributed by atoms with van der Waals surface area (Å²) in [5.41, 5.74) is 7.56. The van der Waals surface area contributed by atoms with Gasteiger partial charge in [0.1, 0.15) is 6.61 Å². The van der Waals surface area contributed by atoms with Gasteiger partial charge in [0.05, 0.1) is 0 Å². The fourth-order valence-corrected chi connectivity index (χ4v) is 1.46. The van der Waals surface area contributed by atoms with Crippen molar-refractivity contribution in [2.45, 2.75) is 19.5 Å². The van der Waals surface area contributed by atoms with E-state index in [1.165, 1.54) is 0 Å². The Morgan fingerprint density at radius 1 is 1.38 bits per heavy atom. The molecule has 0 fully saturated rings. The summed E-state index contributed by atoms with van der Waals surface area (Å²) in [7, 11) is 0. The molecule has 0 unspecified atom stereocenters. The first-order valence-electron chi connectivity index (χ1n) is 6.15. The zero-order valence-corrected chi connectivity index (χ0v) is 13.9. The number of benzene rings is 1. The quantitative estimate of drug-likeness (QED) is 0.323. The van der Waals surface area contributed by atoms with Gasteiger partial charge in [0.15, 0.2) is 5.96 Å². The number of aryl methyl sites for hydroxylation is 1. The van der Waals surface area contributed by atoms with Crippen LogP contribution in [-0.2, 0) is 4.74 Å². The smallest absolute Gasteiger partial charge is 0.372 e. The van der Waals surface area contributed by atoms with E-state index in [4.69, 9.17) is 5.73 Å². The first-order valence-corrected chi connectivity index (χ1v) is 6.15. The molecule has 1 rings (SSSR count).